The minimum Gasteiger partial charge on any atom is -0.490 e. The third-order valence-corrected chi connectivity index (χ3v) is 4.01. The van der Waals surface area contributed by atoms with Crippen LogP contribution in [0.5, 0.6) is 5.75 Å². The van der Waals surface area contributed by atoms with E-state index in [0.29, 0.717) is 13.0 Å². The molecule has 0 atom stereocenters. The first-order chi connectivity index (χ1) is 9.42. The number of nitrogens with one attached hydrogen (secondary N) is 2. The maximum Gasteiger partial charge on any atom is 0.312 e. The van der Waals surface area contributed by atoms with Crippen molar-refractivity contribution in [1.29, 1.82) is 0 Å². The Bertz CT molecular complexity index is 579. The number of nitrogens with zero attached hydrogens (tertiary/aromatic N) is 1. The topological polar surface area (TPSA) is 111 Å². The van der Waals surface area contributed by atoms with Gasteiger partial charge in [0.05, 0.1) is 16.9 Å². The summed E-state index contributed by atoms with van der Waals surface area (Å²) in [5.41, 5.74) is -0.384. The van der Waals surface area contributed by atoms with Gasteiger partial charge in [-0.05, 0) is 32.1 Å². The molecular formula is C11H18ClN3O5S. The van der Waals surface area contributed by atoms with Gasteiger partial charge >= 0.3 is 5.69 Å². The fourth-order valence-electron chi connectivity index (χ4n) is 1.53. The Morgan fingerprint density at radius 1 is 1.33 bits per heavy atom. The number of nitro groups is 1. The number of rotatable bonds is 8. The lowest BCUT2D eigenvalue weighted by Gasteiger charge is -2.08. The van der Waals surface area contributed by atoms with E-state index in [0.717, 1.165) is 6.07 Å². The third-order valence-electron chi connectivity index (χ3n) is 2.55. The van der Waals surface area contributed by atoms with E-state index < -0.39 is 14.9 Å². The number of nitro benzene ring substituents is 1. The van der Waals surface area contributed by atoms with Crippen LogP contribution in [0.25, 0.3) is 0 Å². The fourth-order valence-corrected chi connectivity index (χ4v) is 2.63. The molecule has 0 spiro atoms. The molecule has 1 aromatic rings. The van der Waals surface area contributed by atoms with Crippen LogP contribution in [-0.4, -0.2) is 40.6 Å². The molecule has 2 N–H and O–H groups in total. The Morgan fingerprint density at radius 3 is 2.52 bits per heavy atom. The molecule has 0 unspecified atom stereocenters. The minimum absolute atomic E-state index is 0. The molecule has 0 amide bonds. The van der Waals surface area contributed by atoms with Crippen molar-refractivity contribution < 1.29 is 18.1 Å². The zero-order chi connectivity index (χ0) is 15.2. The van der Waals surface area contributed by atoms with Crippen molar-refractivity contribution in [2.75, 3.05) is 27.2 Å². The van der Waals surface area contributed by atoms with Gasteiger partial charge in [0.25, 0.3) is 0 Å². The van der Waals surface area contributed by atoms with Gasteiger partial charge in [-0.1, -0.05) is 0 Å². The third kappa shape index (κ3) is 5.46. The van der Waals surface area contributed by atoms with E-state index >= 15 is 0 Å². The molecule has 0 aromatic heterocycles. The van der Waals surface area contributed by atoms with Crippen LogP contribution in [0, 0.1) is 10.1 Å². The van der Waals surface area contributed by atoms with Crippen molar-refractivity contribution in [3.8, 4) is 5.75 Å². The minimum atomic E-state index is -3.76. The molecule has 1 rings (SSSR count). The van der Waals surface area contributed by atoms with E-state index in [4.69, 9.17) is 4.74 Å². The van der Waals surface area contributed by atoms with Gasteiger partial charge in [-0.25, -0.2) is 13.1 Å². The van der Waals surface area contributed by atoms with Gasteiger partial charge in [-0.15, -0.1) is 12.4 Å². The molecule has 0 fully saturated rings. The number of ether oxygens (including phenoxy) is 1. The number of halogens is 1. The van der Waals surface area contributed by atoms with Gasteiger partial charge in [0.15, 0.2) is 5.75 Å². The first-order valence-corrected chi connectivity index (χ1v) is 7.37. The van der Waals surface area contributed by atoms with Crippen LogP contribution < -0.4 is 14.8 Å². The SMILES string of the molecule is CNCCCNS(=O)(=O)c1ccc(OC)c([N+](=O)[O-])c1.Cl. The van der Waals surface area contributed by atoms with Crippen LogP contribution in [0.4, 0.5) is 5.69 Å². The summed E-state index contributed by atoms with van der Waals surface area (Å²) in [7, 11) is -0.710. The zero-order valence-electron chi connectivity index (χ0n) is 11.7. The van der Waals surface area contributed by atoms with E-state index in [9.17, 15) is 18.5 Å². The summed E-state index contributed by atoms with van der Waals surface area (Å²) < 4.78 is 31.2. The van der Waals surface area contributed by atoms with Crippen LogP contribution in [0.2, 0.25) is 0 Å². The summed E-state index contributed by atoms with van der Waals surface area (Å²) in [4.78, 5) is 10.0. The molecule has 21 heavy (non-hydrogen) atoms. The molecule has 0 aliphatic rings. The van der Waals surface area contributed by atoms with Gasteiger partial charge in [0.2, 0.25) is 10.0 Å². The Balaban J connectivity index is 0.00000400. The lowest BCUT2D eigenvalue weighted by molar-refractivity contribution is -0.386. The Hall–Kier alpha value is -1.42. The first kappa shape index (κ1) is 19.6. The summed E-state index contributed by atoms with van der Waals surface area (Å²) in [6.07, 6.45) is 0.619. The van der Waals surface area contributed by atoms with Crippen LogP contribution in [0.1, 0.15) is 6.42 Å². The highest BCUT2D eigenvalue weighted by Gasteiger charge is 2.21. The summed E-state index contributed by atoms with van der Waals surface area (Å²) in [6, 6.07) is 3.52. The maximum atomic E-state index is 12.0. The Kier molecular flexibility index (Phi) is 8.18. The lowest BCUT2D eigenvalue weighted by atomic mass is 10.3. The van der Waals surface area contributed by atoms with E-state index in [1.165, 1.54) is 19.2 Å². The normalized spacial score (nSPS) is 10.8. The van der Waals surface area contributed by atoms with Gasteiger partial charge in [-0.3, -0.25) is 10.1 Å². The summed E-state index contributed by atoms with van der Waals surface area (Å²) in [5, 5.41) is 13.8. The summed E-state index contributed by atoms with van der Waals surface area (Å²) in [5.74, 6) is 0.0177. The van der Waals surface area contributed by atoms with Crippen LogP contribution in [0.3, 0.4) is 0 Å². The summed E-state index contributed by atoms with van der Waals surface area (Å²) in [6.45, 7) is 0.925. The second-order valence-electron chi connectivity index (χ2n) is 3.95. The van der Waals surface area contributed by atoms with Crippen molar-refractivity contribution >= 4 is 28.1 Å². The molecule has 0 radical (unpaired) electrons. The van der Waals surface area contributed by atoms with Gasteiger partial charge < -0.3 is 10.1 Å². The quantitative estimate of drug-likeness (QED) is 0.414. The molecular weight excluding hydrogens is 322 g/mol. The van der Waals surface area contributed by atoms with Crippen LogP contribution in [0.15, 0.2) is 23.1 Å². The van der Waals surface area contributed by atoms with Gasteiger partial charge in [0, 0.05) is 12.6 Å². The molecule has 0 saturated carbocycles. The van der Waals surface area contributed by atoms with Crippen LogP contribution in [-0.2, 0) is 10.0 Å². The largest absolute Gasteiger partial charge is 0.490 e. The van der Waals surface area contributed by atoms with Crippen molar-refractivity contribution in [3.05, 3.63) is 28.3 Å². The number of hydrogen-bond acceptors (Lipinski definition) is 6. The highest BCUT2D eigenvalue weighted by molar-refractivity contribution is 7.89. The fraction of sp³-hybridized carbons (Fsp3) is 0.455. The highest BCUT2D eigenvalue weighted by atomic mass is 35.5. The average Bonchev–Trinajstić information content (AvgIpc) is 2.42. The van der Waals surface area contributed by atoms with E-state index in [1.807, 2.05) is 0 Å². The second-order valence-corrected chi connectivity index (χ2v) is 5.71. The van der Waals surface area contributed by atoms with Gasteiger partial charge in [0.1, 0.15) is 0 Å². The monoisotopic (exact) mass is 339 g/mol. The molecule has 120 valence electrons. The van der Waals surface area contributed by atoms with Crippen molar-refractivity contribution in [3.63, 3.8) is 0 Å². The van der Waals surface area contributed by atoms with Gasteiger partial charge in [-0.2, -0.15) is 0 Å². The predicted octanol–water partition coefficient (Wildman–Crippen LogP) is 0.913. The van der Waals surface area contributed by atoms with E-state index in [2.05, 4.69) is 10.0 Å². The lowest BCUT2D eigenvalue weighted by Crippen LogP contribution is -2.26. The number of benzene rings is 1. The standard InChI is InChI=1S/C11H17N3O5S.ClH/c1-12-6-3-7-13-20(17,18)9-4-5-11(19-2)10(8-9)14(15)16;/h4-5,8,12-13H,3,6-7H2,1-2H3;1H. The van der Waals surface area contributed by atoms with Crippen molar-refractivity contribution in [2.45, 2.75) is 11.3 Å². The first-order valence-electron chi connectivity index (χ1n) is 5.89. The molecule has 1 aromatic carbocycles. The second kappa shape index (κ2) is 8.78. The van der Waals surface area contributed by atoms with Crippen LogP contribution >= 0.6 is 12.4 Å². The number of hydrogen-bond donors (Lipinski definition) is 2. The molecule has 0 saturated heterocycles. The maximum absolute atomic E-state index is 12.0. The van der Waals surface area contributed by atoms with E-state index in [-0.39, 0.29) is 35.3 Å². The van der Waals surface area contributed by atoms with E-state index in [1.54, 1.807) is 7.05 Å². The predicted molar refractivity (Wildman–Crippen MR) is 80.6 cm³/mol. The Labute approximate surface area is 129 Å². The molecule has 10 heteroatoms. The number of methoxy groups -OCH3 is 1. The van der Waals surface area contributed by atoms with Crippen molar-refractivity contribution in [2.24, 2.45) is 0 Å². The molecule has 8 nitrogen and oxygen atoms in total. The van der Waals surface area contributed by atoms with Crippen molar-refractivity contribution in [1.82, 2.24) is 10.0 Å². The molecule has 0 bridgehead atoms. The molecule has 0 aliphatic carbocycles. The zero-order valence-corrected chi connectivity index (χ0v) is 13.3. The highest BCUT2D eigenvalue weighted by Crippen LogP contribution is 2.29. The smallest absolute Gasteiger partial charge is 0.312 e. The molecule has 0 aliphatic heterocycles. The average molecular weight is 340 g/mol. The Morgan fingerprint density at radius 2 is 2.00 bits per heavy atom. The number of sulfonamides is 1. The molecule has 0 heterocycles. The summed E-state index contributed by atoms with van der Waals surface area (Å²) >= 11 is 0.